The normalized spacial score (nSPS) is 15.2. The highest BCUT2D eigenvalue weighted by atomic mass is 32.2. The summed E-state index contributed by atoms with van der Waals surface area (Å²) in [6.07, 6.45) is -4.84. The predicted octanol–water partition coefficient (Wildman–Crippen LogP) is 4.25. The van der Waals surface area contributed by atoms with Gasteiger partial charge in [0, 0.05) is 37.9 Å². The van der Waals surface area contributed by atoms with Crippen molar-refractivity contribution in [2.24, 2.45) is 0 Å². The smallest absolute Gasteiger partial charge is 0.406 e. The van der Waals surface area contributed by atoms with E-state index in [0.29, 0.717) is 30.5 Å². The molecule has 1 fully saturated rings. The van der Waals surface area contributed by atoms with E-state index in [1.54, 1.807) is 6.92 Å². The summed E-state index contributed by atoms with van der Waals surface area (Å²) in [4.78, 5) is 10.8. The molecule has 0 spiro atoms. The Morgan fingerprint density at radius 1 is 0.914 bits per heavy atom. The minimum Gasteiger partial charge on any atom is -0.406 e. The first-order chi connectivity index (χ1) is 16.5. The van der Waals surface area contributed by atoms with E-state index in [4.69, 9.17) is 0 Å². The molecule has 0 amide bonds. The molecule has 1 saturated heterocycles. The first-order valence-corrected chi connectivity index (χ1v) is 12.2. The topological polar surface area (TPSA) is 87.7 Å². The molecule has 1 aromatic heterocycles. The number of hydrogen-bond donors (Lipinski definition) is 1. The third-order valence-electron chi connectivity index (χ3n) is 5.41. The molecule has 0 radical (unpaired) electrons. The lowest BCUT2D eigenvalue weighted by molar-refractivity contribution is -0.274. The van der Waals surface area contributed by atoms with Gasteiger partial charge in [0.25, 0.3) is 0 Å². The van der Waals surface area contributed by atoms with E-state index < -0.39 is 22.1 Å². The molecule has 8 nitrogen and oxygen atoms in total. The van der Waals surface area contributed by atoms with Crippen molar-refractivity contribution < 1.29 is 26.3 Å². The molecule has 0 atom stereocenters. The van der Waals surface area contributed by atoms with Gasteiger partial charge < -0.3 is 15.0 Å². The molecular weight excluding hydrogens is 483 g/mol. The number of alkyl halides is 3. The van der Waals surface area contributed by atoms with Crippen molar-refractivity contribution in [1.82, 2.24) is 14.3 Å². The number of aryl methyl sites for hydroxylation is 2. The molecular formula is C23H24F3N5O3S. The highest BCUT2D eigenvalue weighted by molar-refractivity contribution is 7.89. The van der Waals surface area contributed by atoms with E-state index >= 15 is 0 Å². The molecule has 2 heterocycles. The van der Waals surface area contributed by atoms with Gasteiger partial charge in [0.05, 0.1) is 4.90 Å². The highest BCUT2D eigenvalue weighted by Gasteiger charge is 2.32. The van der Waals surface area contributed by atoms with Crippen LogP contribution in [0, 0.1) is 13.8 Å². The number of sulfonamides is 1. The molecule has 0 saturated carbocycles. The minimum atomic E-state index is -4.84. The number of halogens is 3. The third-order valence-corrected chi connectivity index (χ3v) is 7.32. The number of rotatable bonds is 6. The molecule has 1 aliphatic heterocycles. The second kappa shape index (κ2) is 9.70. The summed E-state index contributed by atoms with van der Waals surface area (Å²) in [5, 5.41) is 3.26. The van der Waals surface area contributed by atoms with Crippen LogP contribution in [0.25, 0.3) is 0 Å². The lowest BCUT2D eigenvalue weighted by atomic mass is 10.2. The zero-order valence-electron chi connectivity index (χ0n) is 19.1. The fraction of sp³-hybridized carbons (Fsp3) is 0.304. The van der Waals surface area contributed by atoms with Gasteiger partial charge >= 0.3 is 6.36 Å². The average molecular weight is 508 g/mol. The Bertz CT molecular complexity index is 1280. The monoisotopic (exact) mass is 507 g/mol. The molecule has 0 bridgehead atoms. The van der Waals surface area contributed by atoms with Crippen molar-refractivity contribution in [3.63, 3.8) is 0 Å². The number of nitrogens with zero attached hydrogens (tertiary/aromatic N) is 4. The number of aromatic nitrogens is 2. The van der Waals surface area contributed by atoms with Gasteiger partial charge in [-0.25, -0.2) is 18.4 Å². The number of anilines is 3. The fourth-order valence-electron chi connectivity index (χ4n) is 3.68. The molecule has 1 aliphatic rings. The zero-order chi connectivity index (χ0) is 25.2. The van der Waals surface area contributed by atoms with Gasteiger partial charge in [0.1, 0.15) is 23.2 Å². The SMILES string of the molecule is Cc1ccc(Nc2cc(N3CCN(S(=O)(=O)c4ccc(OC(F)(F)F)cc4)CC3)nc(C)n2)cc1. The summed E-state index contributed by atoms with van der Waals surface area (Å²) >= 11 is 0. The Balaban J connectivity index is 1.42. The maximum absolute atomic E-state index is 13.0. The van der Waals surface area contributed by atoms with Gasteiger partial charge in [-0.2, -0.15) is 4.31 Å². The molecule has 4 rings (SSSR count). The lowest BCUT2D eigenvalue weighted by Gasteiger charge is -2.34. The van der Waals surface area contributed by atoms with Crippen molar-refractivity contribution in [1.29, 1.82) is 0 Å². The van der Waals surface area contributed by atoms with Crippen LogP contribution in [0.1, 0.15) is 11.4 Å². The largest absolute Gasteiger partial charge is 0.573 e. The quantitative estimate of drug-likeness (QED) is 0.534. The van der Waals surface area contributed by atoms with E-state index in [-0.39, 0.29) is 18.0 Å². The zero-order valence-corrected chi connectivity index (χ0v) is 19.9. The van der Waals surface area contributed by atoms with Crippen LogP contribution in [0.3, 0.4) is 0 Å². The van der Waals surface area contributed by atoms with Gasteiger partial charge in [-0.15, -0.1) is 13.2 Å². The summed E-state index contributed by atoms with van der Waals surface area (Å²) in [6.45, 7) is 4.99. The van der Waals surface area contributed by atoms with E-state index in [9.17, 15) is 21.6 Å². The molecule has 0 unspecified atom stereocenters. The standard InChI is InChI=1S/C23H24F3N5O3S/c1-16-3-5-18(6-4-16)29-21-15-22(28-17(2)27-21)30-11-13-31(14-12-30)35(32,33)20-9-7-19(8-10-20)34-23(24,25)26/h3-10,15H,11-14H2,1-2H3,(H,27,28,29). The van der Waals surface area contributed by atoms with Crippen molar-refractivity contribution in [2.45, 2.75) is 25.1 Å². The maximum atomic E-state index is 13.0. The lowest BCUT2D eigenvalue weighted by Crippen LogP contribution is -2.49. The van der Waals surface area contributed by atoms with Crippen LogP contribution in [0.4, 0.5) is 30.5 Å². The Morgan fingerprint density at radius 3 is 2.14 bits per heavy atom. The van der Waals surface area contributed by atoms with E-state index in [0.717, 1.165) is 35.5 Å². The number of ether oxygens (including phenoxy) is 1. The molecule has 3 aromatic rings. The molecule has 1 N–H and O–H groups in total. The Hall–Kier alpha value is -3.38. The number of benzene rings is 2. The van der Waals surface area contributed by atoms with Crippen LogP contribution < -0.4 is 15.0 Å². The van der Waals surface area contributed by atoms with Crippen molar-refractivity contribution in [3.8, 4) is 5.75 Å². The van der Waals surface area contributed by atoms with Gasteiger partial charge in [-0.1, -0.05) is 17.7 Å². The summed E-state index contributed by atoms with van der Waals surface area (Å²) in [7, 11) is -3.86. The Morgan fingerprint density at radius 2 is 1.54 bits per heavy atom. The first-order valence-electron chi connectivity index (χ1n) is 10.8. The molecule has 0 aliphatic carbocycles. The molecule has 35 heavy (non-hydrogen) atoms. The number of nitrogens with one attached hydrogen (secondary N) is 1. The van der Waals surface area contributed by atoms with Crippen molar-refractivity contribution in [2.75, 3.05) is 36.4 Å². The highest BCUT2D eigenvalue weighted by Crippen LogP contribution is 2.27. The van der Waals surface area contributed by atoms with E-state index in [2.05, 4.69) is 20.0 Å². The van der Waals surface area contributed by atoms with Crippen LogP contribution in [-0.2, 0) is 10.0 Å². The van der Waals surface area contributed by atoms with Crippen LogP contribution in [0.2, 0.25) is 0 Å². The van der Waals surface area contributed by atoms with Crippen LogP contribution in [0.5, 0.6) is 5.75 Å². The van der Waals surface area contributed by atoms with Crippen LogP contribution >= 0.6 is 0 Å². The molecule has 2 aromatic carbocycles. The molecule has 12 heteroatoms. The fourth-order valence-corrected chi connectivity index (χ4v) is 5.10. The Kier molecular flexibility index (Phi) is 6.86. The second-order valence-corrected chi connectivity index (χ2v) is 10.00. The van der Waals surface area contributed by atoms with E-state index in [1.807, 2.05) is 42.2 Å². The third kappa shape index (κ3) is 6.20. The van der Waals surface area contributed by atoms with Gasteiger partial charge in [-0.3, -0.25) is 0 Å². The van der Waals surface area contributed by atoms with Crippen molar-refractivity contribution >= 4 is 27.3 Å². The van der Waals surface area contributed by atoms with E-state index in [1.165, 1.54) is 4.31 Å². The van der Waals surface area contributed by atoms with Crippen LogP contribution in [0.15, 0.2) is 59.5 Å². The number of piperazine rings is 1. The maximum Gasteiger partial charge on any atom is 0.573 e. The summed E-state index contributed by atoms with van der Waals surface area (Å²) in [5.74, 6) is 1.41. The summed E-state index contributed by atoms with van der Waals surface area (Å²) < 4.78 is 68.1. The summed E-state index contributed by atoms with van der Waals surface area (Å²) in [6, 6.07) is 13.9. The second-order valence-electron chi connectivity index (χ2n) is 8.06. The first kappa shape index (κ1) is 24.7. The van der Waals surface area contributed by atoms with Gasteiger partial charge in [0.15, 0.2) is 0 Å². The minimum absolute atomic E-state index is 0.0945. The molecule has 186 valence electrons. The summed E-state index contributed by atoms with van der Waals surface area (Å²) in [5.41, 5.74) is 2.04. The van der Waals surface area contributed by atoms with Gasteiger partial charge in [0.2, 0.25) is 10.0 Å². The predicted molar refractivity (Wildman–Crippen MR) is 125 cm³/mol. The van der Waals surface area contributed by atoms with Crippen LogP contribution in [-0.4, -0.2) is 55.2 Å². The average Bonchev–Trinajstić information content (AvgIpc) is 2.80. The number of hydrogen-bond acceptors (Lipinski definition) is 7. The Labute approximate surface area is 201 Å². The van der Waals surface area contributed by atoms with Gasteiger partial charge in [-0.05, 0) is 50.2 Å². The van der Waals surface area contributed by atoms with Crippen molar-refractivity contribution in [3.05, 3.63) is 66.0 Å².